The SMILES string of the molecule is O=C(/C=C/c1cccs1)Nc1cccc(-c2cn3cccnc3n2)c1. The van der Waals surface area contributed by atoms with E-state index in [-0.39, 0.29) is 5.91 Å². The number of nitrogens with one attached hydrogen (secondary N) is 1. The lowest BCUT2D eigenvalue weighted by molar-refractivity contribution is -0.111. The molecule has 5 nitrogen and oxygen atoms in total. The third-order valence-electron chi connectivity index (χ3n) is 3.60. The van der Waals surface area contributed by atoms with Crippen LogP contribution in [0, 0.1) is 0 Å². The average Bonchev–Trinajstić information content (AvgIpc) is 3.29. The summed E-state index contributed by atoms with van der Waals surface area (Å²) in [6.45, 7) is 0. The van der Waals surface area contributed by atoms with Crippen LogP contribution < -0.4 is 5.32 Å². The minimum Gasteiger partial charge on any atom is -0.322 e. The molecule has 4 rings (SSSR count). The lowest BCUT2D eigenvalue weighted by atomic mass is 10.1. The summed E-state index contributed by atoms with van der Waals surface area (Å²) in [6.07, 6.45) is 8.87. The van der Waals surface area contributed by atoms with Gasteiger partial charge in [-0.2, -0.15) is 0 Å². The van der Waals surface area contributed by atoms with Gasteiger partial charge in [0, 0.05) is 40.8 Å². The molecule has 0 aliphatic rings. The smallest absolute Gasteiger partial charge is 0.248 e. The second-order valence-electron chi connectivity index (χ2n) is 5.37. The fourth-order valence-electron chi connectivity index (χ4n) is 2.45. The number of anilines is 1. The number of imidazole rings is 1. The van der Waals surface area contributed by atoms with Crippen LogP contribution in [0.3, 0.4) is 0 Å². The molecule has 1 amide bonds. The summed E-state index contributed by atoms with van der Waals surface area (Å²) in [7, 11) is 0. The van der Waals surface area contributed by atoms with Crippen molar-refractivity contribution in [1.29, 1.82) is 0 Å². The Morgan fingerprint density at radius 3 is 3.00 bits per heavy atom. The van der Waals surface area contributed by atoms with Crippen molar-refractivity contribution in [3.05, 3.63) is 77.4 Å². The number of carbonyl (C=O) groups excluding carboxylic acids is 1. The molecule has 0 bridgehead atoms. The monoisotopic (exact) mass is 346 g/mol. The molecule has 1 aromatic carbocycles. The van der Waals surface area contributed by atoms with Crippen LogP contribution in [0.25, 0.3) is 23.1 Å². The Hall–Kier alpha value is -3.25. The van der Waals surface area contributed by atoms with Gasteiger partial charge in [0.1, 0.15) is 0 Å². The Morgan fingerprint density at radius 1 is 1.20 bits per heavy atom. The molecule has 0 spiro atoms. The van der Waals surface area contributed by atoms with Crippen LogP contribution >= 0.6 is 11.3 Å². The van der Waals surface area contributed by atoms with Crippen LogP contribution in [0.5, 0.6) is 0 Å². The van der Waals surface area contributed by atoms with E-state index >= 15 is 0 Å². The zero-order chi connectivity index (χ0) is 17.1. The molecule has 3 aromatic heterocycles. The molecule has 4 aromatic rings. The first-order valence-corrected chi connectivity index (χ1v) is 8.59. The van der Waals surface area contributed by atoms with Crippen molar-refractivity contribution in [3.8, 4) is 11.3 Å². The number of rotatable bonds is 4. The molecule has 0 fully saturated rings. The molecule has 122 valence electrons. The van der Waals surface area contributed by atoms with E-state index in [0.717, 1.165) is 21.8 Å². The van der Waals surface area contributed by atoms with Gasteiger partial charge in [-0.15, -0.1) is 11.3 Å². The Labute approximate surface area is 148 Å². The first-order valence-electron chi connectivity index (χ1n) is 7.71. The van der Waals surface area contributed by atoms with E-state index < -0.39 is 0 Å². The molecule has 25 heavy (non-hydrogen) atoms. The second-order valence-corrected chi connectivity index (χ2v) is 6.35. The molecule has 0 radical (unpaired) electrons. The van der Waals surface area contributed by atoms with Gasteiger partial charge >= 0.3 is 0 Å². The first-order chi connectivity index (χ1) is 12.3. The zero-order valence-corrected chi connectivity index (χ0v) is 14.0. The number of hydrogen-bond donors (Lipinski definition) is 1. The number of hydrogen-bond acceptors (Lipinski definition) is 4. The van der Waals surface area contributed by atoms with E-state index in [0.29, 0.717) is 5.78 Å². The normalized spacial score (nSPS) is 11.2. The average molecular weight is 346 g/mol. The minimum atomic E-state index is -0.165. The standard InChI is InChI=1S/C19H14N4OS/c24-18(8-7-16-6-2-11-25-16)21-15-5-1-4-14(12-15)17-13-23-10-3-9-20-19(23)22-17/h1-13H,(H,21,24)/b8-7+. The van der Waals surface area contributed by atoms with Crippen LogP contribution in [0.2, 0.25) is 0 Å². The first kappa shape index (κ1) is 15.3. The quantitative estimate of drug-likeness (QED) is 0.566. The number of fused-ring (bicyclic) bond motifs is 1. The van der Waals surface area contributed by atoms with Crippen LogP contribution in [-0.2, 0) is 4.79 Å². The second kappa shape index (κ2) is 6.70. The molecular formula is C19H14N4OS. The van der Waals surface area contributed by atoms with Gasteiger partial charge in [-0.25, -0.2) is 9.97 Å². The van der Waals surface area contributed by atoms with E-state index in [1.807, 2.05) is 64.6 Å². The number of carbonyl (C=O) groups is 1. The highest BCUT2D eigenvalue weighted by molar-refractivity contribution is 7.10. The summed E-state index contributed by atoms with van der Waals surface area (Å²) in [5.74, 6) is 0.480. The zero-order valence-electron chi connectivity index (χ0n) is 13.2. The summed E-state index contributed by atoms with van der Waals surface area (Å²) >= 11 is 1.59. The third kappa shape index (κ3) is 3.49. The van der Waals surface area contributed by atoms with Crippen molar-refractivity contribution < 1.29 is 4.79 Å². The fraction of sp³-hybridized carbons (Fsp3) is 0. The molecule has 0 atom stereocenters. The van der Waals surface area contributed by atoms with Crippen molar-refractivity contribution in [2.24, 2.45) is 0 Å². The van der Waals surface area contributed by atoms with E-state index in [9.17, 15) is 4.79 Å². The number of thiophene rings is 1. The summed E-state index contributed by atoms with van der Waals surface area (Å²) in [5, 5.41) is 4.85. The Bertz CT molecular complexity index is 1020. The fourth-order valence-corrected chi connectivity index (χ4v) is 3.07. The van der Waals surface area contributed by atoms with Gasteiger partial charge in [0.15, 0.2) is 0 Å². The largest absolute Gasteiger partial charge is 0.322 e. The van der Waals surface area contributed by atoms with E-state index in [1.54, 1.807) is 23.6 Å². The van der Waals surface area contributed by atoms with Crippen molar-refractivity contribution in [3.63, 3.8) is 0 Å². The van der Waals surface area contributed by atoms with Gasteiger partial charge in [0.25, 0.3) is 0 Å². The lowest BCUT2D eigenvalue weighted by Gasteiger charge is -2.04. The number of aromatic nitrogens is 3. The van der Waals surface area contributed by atoms with Gasteiger partial charge in [0.2, 0.25) is 11.7 Å². The minimum absolute atomic E-state index is 0.165. The highest BCUT2D eigenvalue weighted by atomic mass is 32.1. The molecule has 0 aliphatic carbocycles. The number of benzene rings is 1. The Morgan fingerprint density at radius 2 is 2.16 bits per heavy atom. The van der Waals surface area contributed by atoms with E-state index in [4.69, 9.17) is 0 Å². The summed E-state index contributed by atoms with van der Waals surface area (Å²) in [6, 6.07) is 13.4. The van der Waals surface area contributed by atoms with Crippen molar-refractivity contribution in [1.82, 2.24) is 14.4 Å². The molecule has 0 saturated heterocycles. The van der Waals surface area contributed by atoms with Gasteiger partial charge in [0.05, 0.1) is 5.69 Å². The molecular weight excluding hydrogens is 332 g/mol. The maximum atomic E-state index is 12.1. The lowest BCUT2D eigenvalue weighted by Crippen LogP contribution is -2.07. The van der Waals surface area contributed by atoms with Gasteiger partial charge < -0.3 is 5.32 Å². The highest BCUT2D eigenvalue weighted by Crippen LogP contribution is 2.22. The van der Waals surface area contributed by atoms with Crippen LogP contribution in [0.1, 0.15) is 4.88 Å². The molecule has 0 unspecified atom stereocenters. The van der Waals surface area contributed by atoms with E-state index in [2.05, 4.69) is 15.3 Å². The maximum Gasteiger partial charge on any atom is 0.248 e. The van der Waals surface area contributed by atoms with Gasteiger partial charge in [-0.1, -0.05) is 18.2 Å². The number of nitrogens with zero attached hydrogens (tertiary/aromatic N) is 3. The Kier molecular flexibility index (Phi) is 4.10. The van der Waals surface area contributed by atoms with Gasteiger partial charge in [-0.3, -0.25) is 9.20 Å². The predicted molar refractivity (Wildman–Crippen MR) is 100 cm³/mol. The van der Waals surface area contributed by atoms with Crippen LogP contribution in [0.4, 0.5) is 5.69 Å². The maximum absolute atomic E-state index is 12.1. The summed E-state index contributed by atoms with van der Waals surface area (Å²) < 4.78 is 1.87. The highest BCUT2D eigenvalue weighted by Gasteiger charge is 2.06. The molecule has 3 heterocycles. The molecule has 0 saturated carbocycles. The van der Waals surface area contributed by atoms with Crippen LogP contribution in [-0.4, -0.2) is 20.3 Å². The summed E-state index contributed by atoms with van der Waals surface area (Å²) in [5.41, 5.74) is 2.46. The summed E-state index contributed by atoms with van der Waals surface area (Å²) in [4.78, 5) is 21.8. The molecule has 6 heteroatoms. The third-order valence-corrected chi connectivity index (χ3v) is 4.44. The molecule has 0 aliphatic heterocycles. The number of amides is 1. The van der Waals surface area contributed by atoms with Crippen molar-refractivity contribution in [2.75, 3.05) is 5.32 Å². The van der Waals surface area contributed by atoms with Gasteiger partial charge in [-0.05, 0) is 35.7 Å². The van der Waals surface area contributed by atoms with Crippen molar-refractivity contribution >= 4 is 34.8 Å². The van der Waals surface area contributed by atoms with Crippen LogP contribution in [0.15, 0.2) is 72.5 Å². The Balaban J connectivity index is 1.54. The van der Waals surface area contributed by atoms with Crippen molar-refractivity contribution in [2.45, 2.75) is 0 Å². The predicted octanol–water partition coefficient (Wildman–Crippen LogP) is 4.11. The molecule has 1 N–H and O–H groups in total. The topological polar surface area (TPSA) is 59.3 Å². The van der Waals surface area contributed by atoms with E-state index in [1.165, 1.54) is 6.08 Å².